The maximum absolute atomic E-state index is 9.94. The first-order chi connectivity index (χ1) is 4.48. The second kappa shape index (κ2) is 8.47. The Morgan fingerprint density at radius 3 is 2.67 bits per heavy atom. The Hall–Kier alpha value is 0.470. The molecule has 0 spiro atoms. The summed E-state index contributed by atoms with van der Waals surface area (Å²) >= 11 is 0. The molecule has 0 rings (SSSR count). The average molecular weight is 140 g/mol. The molecule has 3 heteroatoms. The molecule has 0 unspecified atom stereocenters. The molecular formula is C6H11NaO2. The summed E-state index contributed by atoms with van der Waals surface area (Å²) in [5.74, 6) is -1.32. The molecule has 0 amide bonds. The first-order valence-corrected chi connectivity index (χ1v) is 2.68. The summed E-state index contributed by atoms with van der Waals surface area (Å²) in [6, 6.07) is 0. The smallest absolute Gasteiger partial charge is 0.550 e. The van der Waals surface area contributed by atoms with E-state index in [0.29, 0.717) is 6.42 Å². The topological polar surface area (TPSA) is 40.1 Å². The molecule has 2 nitrogen and oxygen atoms in total. The van der Waals surface area contributed by atoms with Gasteiger partial charge in [-0.1, -0.05) is 19.8 Å². The molecule has 9 heavy (non-hydrogen) atoms. The van der Waals surface area contributed by atoms with Crippen LogP contribution in [0.2, 0.25) is 0 Å². The van der Waals surface area contributed by atoms with Crippen LogP contribution in [0.15, 0.2) is 0 Å². The molecule has 0 aromatic carbocycles. The zero-order valence-electron chi connectivity index (χ0n) is 7.94. The fourth-order valence-electron chi connectivity index (χ4n) is 0.367. The van der Waals surface area contributed by atoms with E-state index in [4.69, 9.17) is 2.74 Å². The van der Waals surface area contributed by atoms with E-state index in [0.717, 1.165) is 0 Å². The number of rotatable bonds is 4. The van der Waals surface area contributed by atoms with E-state index in [9.17, 15) is 9.90 Å². The zero-order valence-corrected chi connectivity index (χ0v) is 7.94. The molecule has 0 heterocycles. The molecule has 0 N–H and O–H groups in total. The van der Waals surface area contributed by atoms with Crippen LogP contribution in [-0.2, 0) is 4.79 Å². The Morgan fingerprint density at radius 1 is 1.78 bits per heavy atom. The third kappa shape index (κ3) is 11.8. The molecular weight excluding hydrogens is 127 g/mol. The summed E-state index contributed by atoms with van der Waals surface area (Å²) in [6.07, 6.45) is -1.16. The number of hydrogen-bond acceptors (Lipinski definition) is 2. The Labute approximate surface area is 80.7 Å². The van der Waals surface area contributed by atoms with E-state index in [1.165, 1.54) is 0 Å². The van der Waals surface area contributed by atoms with E-state index in [1.807, 2.05) is 6.92 Å². The largest absolute Gasteiger partial charge is 1.00 e. The minimum absolute atomic E-state index is 0. The quantitative estimate of drug-likeness (QED) is 0.399. The van der Waals surface area contributed by atoms with Crippen LogP contribution in [0, 0.1) is 0 Å². The second-order valence-electron chi connectivity index (χ2n) is 1.55. The Balaban J connectivity index is 0. The predicted molar refractivity (Wildman–Crippen MR) is 29.1 cm³/mol. The number of carboxylic acids is 1. The third-order valence-electron chi connectivity index (χ3n) is 0.696. The maximum atomic E-state index is 9.94. The molecule has 0 aliphatic heterocycles. The van der Waals surface area contributed by atoms with Gasteiger partial charge in [0.1, 0.15) is 0 Å². The molecule has 0 aliphatic carbocycles. The van der Waals surface area contributed by atoms with Crippen LogP contribution in [-0.4, -0.2) is 5.97 Å². The van der Waals surface area contributed by atoms with Crippen molar-refractivity contribution < 1.29 is 42.2 Å². The van der Waals surface area contributed by atoms with Crippen molar-refractivity contribution >= 4 is 5.97 Å². The number of carboxylic acid groups (broad SMARTS) is 1. The van der Waals surface area contributed by atoms with Gasteiger partial charge in [0, 0.05) is 8.71 Å². The fourth-order valence-corrected chi connectivity index (χ4v) is 0.367. The molecule has 0 aromatic rings. The van der Waals surface area contributed by atoms with Crippen molar-refractivity contribution in [1.29, 1.82) is 0 Å². The van der Waals surface area contributed by atoms with Gasteiger partial charge in [-0.25, -0.2) is 0 Å². The Kier molecular flexibility index (Phi) is 7.13. The van der Waals surface area contributed by atoms with Crippen molar-refractivity contribution in [3.63, 3.8) is 0 Å². The van der Waals surface area contributed by atoms with Gasteiger partial charge in [0.15, 0.2) is 0 Å². The van der Waals surface area contributed by atoms with Crippen molar-refractivity contribution in [3.8, 4) is 0 Å². The van der Waals surface area contributed by atoms with E-state index < -0.39 is 18.8 Å². The van der Waals surface area contributed by atoms with Gasteiger partial charge in [-0.05, 0) is 12.8 Å². The maximum Gasteiger partial charge on any atom is 1.00 e. The van der Waals surface area contributed by atoms with Crippen LogP contribution < -0.4 is 34.7 Å². The predicted octanol–water partition coefficient (Wildman–Crippen LogP) is -2.68. The van der Waals surface area contributed by atoms with E-state index in [-0.39, 0.29) is 36.0 Å². The van der Waals surface area contributed by atoms with Crippen molar-refractivity contribution in [3.05, 3.63) is 0 Å². The SMILES string of the molecule is [2H]C([2H])(CCC)CC(=O)[O-].[Na+]. The molecule has 0 aromatic heterocycles. The fraction of sp³-hybridized carbons (Fsp3) is 0.833. The van der Waals surface area contributed by atoms with Crippen LogP contribution in [0.3, 0.4) is 0 Å². The summed E-state index contributed by atoms with van der Waals surface area (Å²) in [4.78, 5) is 9.94. The zero-order chi connectivity index (χ0) is 8.20. The van der Waals surface area contributed by atoms with Crippen LogP contribution in [0.4, 0.5) is 0 Å². The van der Waals surface area contributed by atoms with E-state index in [2.05, 4.69) is 0 Å². The normalized spacial score (nSPS) is 13.0. The molecule has 0 fully saturated rings. The van der Waals surface area contributed by atoms with E-state index in [1.54, 1.807) is 0 Å². The van der Waals surface area contributed by atoms with Gasteiger partial charge in [0.05, 0.1) is 0 Å². The Morgan fingerprint density at radius 2 is 2.33 bits per heavy atom. The summed E-state index contributed by atoms with van der Waals surface area (Å²) in [7, 11) is 0. The van der Waals surface area contributed by atoms with Gasteiger partial charge in [-0.15, -0.1) is 0 Å². The van der Waals surface area contributed by atoms with Crippen molar-refractivity contribution in [2.75, 3.05) is 0 Å². The standard InChI is InChI=1S/C6H12O2.Na/c1-2-3-4-5-6(7)8;/h2-5H2,1H3,(H,7,8);/q;+1/p-1/i4D2;. The second-order valence-corrected chi connectivity index (χ2v) is 1.55. The van der Waals surface area contributed by atoms with Crippen LogP contribution in [0.5, 0.6) is 0 Å². The first-order valence-electron chi connectivity index (χ1n) is 3.68. The number of carbonyl (C=O) groups is 1. The van der Waals surface area contributed by atoms with Crippen molar-refractivity contribution in [1.82, 2.24) is 0 Å². The number of aliphatic carboxylic acids is 1. The van der Waals surface area contributed by atoms with Gasteiger partial charge in [-0.3, -0.25) is 0 Å². The van der Waals surface area contributed by atoms with Gasteiger partial charge >= 0.3 is 29.6 Å². The third-order valence-corrected chi connectivity index (χ3v) is 0.696. The number of hydrogen-bond donors (Lipinski definition) is 0. The van der Waals surface area contributed by atoms with Crippen LogP contribution in [0.25, 0.3) is 0 Å². The summed E-state index contributed by atoms with van der Waals surface area (Å²) in [5, 5.41) is 9.94. The summed E-state index contributed by atoms with van der Waals surface area (Å²) in [6.45, 7) is 1.81. The van der Waals surface area contributed by atoms with Crippen LogP contribution in [0.1, 0.15) is 35.3 Å². The van der Waals surface area contributed by atoms with Gasteiger partial charge in [-0.2, -0.15) is 0 Å². The molecule has 0 bridgehead atoms. The van der Waals surface area contributed by atoms with Gasteiger partial charge in [0.25, 0.3) is 0 Å². The van der Waals surface area contributed by atoms with Crippen LogP contribution >= 0.6 is 0 Å². The molecule has 0 saturated carbocycles. The molecule has 0 atom stereocenters. The van der Waals surface area contributed by atoms with Crippen molar-refractivity contribution in [2.24, 2.45) is 0 Å². The molecule has 48 valence electrons. The minimum atomic E-state index is -1.59. The first kappa shape index (κ1) is 7.58. The van der Waals surface area contributed by atoms with E-state index >= 15 is 0 Å². The van der Waals surface area contributed by atoms with Crippen molar-refractivity contribution in [2.45, 2.75) is 32.6 Å². The monoisotopic (exact) mass is 140 g/mol. The molecule has 0 aliphatic rings. The summed E-state index contributed by atoms with van der Waals surface area (Å²) < 4.78 is 14.2. The minimum Gasteiger partial charge on any atom is -0.550 e. The molecule has 0 radical (unpaired) electrons. The summed E-state index contributed by atoms with van der Waals surface area (Å²) in [5.41, 5.74) is 0. The van der Waals surface area contributed by atoms with Gasteiger partial charge in [0.2, 0.25) is 0 Å². The van der Waals surface area contributed by atoms with Gasteiger partial charge < -0.3 is 9.90 Å². The Bertz CT molecular complexity index is 128. The number of carbonyl (C=O) groups excluding carboxylic acids is 1. The molecule has 0 saturated heterocycles. The average Bonchev–Trinajstić information content (AvgIpc) is 1.59.